The molecule has 1 fully saturated rings. The van der Waals surface area contributed by atoms with Gasteiger partial charge in [0.05, 0.1) is 4.87 Å². The lowest BCUT2D eigenvalue weighted by atomic mass is 9.89. The lowest BCUT2D eigenvalue weighted by Crippen LogP contribution is -2.28. The fraction of sp³-hybridized carbons (Fsp3) is 1.00. The quantitative estimate of drug-likeness (QED) is 0.508. The van der Waals surface area contributed by atoms with Gasteiger partial charge in [-0.05, 0) is 12.8 Å². The van der Waals surface area contributed by atoms with Gasteiger partial charge in [-0.3, -0.25) is 0 Å². The molecule has 0 saturated heterocycles. The lowest BCUT2D eigenvalue weighted by molar-refractivity contribution is 0.137. The lowest BCUT2D eigenvalue weighted by Gasteiger charge is -2.27. The standard InChI is InChI=1S/C7H12ClO/c8-7(6-9)4-2-1-3-5-7/h1-6H2. The molecule has 2 heteroatoms. The second-order valence-electron chi connectivity index (χ2n) is 2.86. The highest BCUT2D eigenvalue weighted by Crippen LogP contribution is 2.33. The summed E-state index contributed by atoms with van der Waals surface area (Å²) in [5.74, 6) is 0. The topological polar surface area (TPSA) is 19.9 Å². The highest BCUT2D eigenvalue weighted by Gasteiger charge is 2.28. The minimum absolute atomic E-state index is 0.103. The molecule has 53 valence electrons. The zero-order chi connectivity index (χ0) is 6.74. The molecular weight excluding hydrogens is 136 g/mol. The summed E-state index contributed by atoms with van der Waals surface area (Å²) in [7, 11) is 0. The summed E-state index contributed by atoms with van der Waals surface area (Å²) in [4.78, 5) is -0.363. The second-order valence-corrected chi connectivity index (χ2v) is 3.66. The normalized spacial score (nSPS) is 26.0. The first-order valence-corrected chi connectivity index (χ1v) is 3.92. The van der Waals surface area contributed by atoms with E-state index in [4.69, 9.17) is 11.6 Å². The molecule has 9 heavy (non-hydrogen) atoms. The average Bonchev–Trinajstić information content (AvgIpc) is 1.90. The molecule has 0 amide bonds. The van der Waals surface area contributed by atoms with Crippen molar-refractivity contribution in [1.29, 1.82) is 0 Å². The molecule has 1 radical (unpaired) electrons. The van der Waals surface area contributed by atoms with Crippen LogP contribution >= 0.6 is 11.6 Å². The Labute approximate surface area is 61.0 Å². The largest absolute Gasteiger partial charge is 0.235 e. The van der Waals surface area contributed by atoms with E-state index in [1.807, 2.05) is 0 Å². The van der Waals surface area contributed by atoms with Crippen molar-refractivity contribution in [2.75, 3.05) is 6.61 Å². The molecule has 1 saturated carbocycles. The molecular formula is C7H12ClO. The monoisotopic (exact) mass is 147 g/mol. The Hall–Kier alpha value is 0.250. The number of rotatable bonds is 1. The first kappa shape index (κ1) is 7.36. The van der Waals surface area contributed by atoms with Gasteiger partial charge in [0.1, 0.15) is 6.61 Å². The fourth-order valence-electron chi connectivity index (χ4n) is 1.33. The zero-order valence-electron chi connectivity index (χ0n) is 5.53. The van der Waals surface area contributed by atoms with Gasteiger partial charge in [0.25, 0.3) is 0 Å². The molecule has 1 aliphatic carbocycles. The maximum atomic E-state index is 10.5. The molecule has 0 aromatic heterocycles. The van der Waals surface area contributed by atoms with Crippen LogP contribution in [0.4, 0.5) is 0 Å². The summed E-state index contributed by atoms with van der Waals surface area (Å²) in [6.45, 7) is -0.103. The molecule has 0 N–H and O–H groups in total. The molecule has 0 spiro atoms. The van der Waals surface area contributed by atoms with E-state index in [0.29, 0.717) is 0 Å². The van der Waals surface area contributed by atoms with Crippen LogP contribution in [0.5, 0.6) is 0 Å². The SMILES string of the molecule is [O]CC1(Cl)CCCCC1. The molecule has 0 atom stereocenters. The van der Waals surface area contributed by atoms with Crippen molar-refractivity contribution in [3.63, 3.8) is 0 Å². The zero-order valence-corrected chi connectivity index (χ0v) is 6.28. The van der Waals surface area contributed by atoms with Crippen molar-refractivity contribution in [3.8, 4) is 0 Å². The molecule has 0 heterocycles. The summed E-state index contributed by atoms with van der Waals surface area (Å²) in [6, 6.07) is 0. The Bertz CT molecular complexity index is 86.9. The van der Waals surface area contributed by atoms with Crippen LogP contribution in [0.1, 0.15) is 32.1 Å². The van der Waals surface area contributed by atoms with E-state index >= 15 is 0 Å². The van der Waals surface area contributed by atoms with E-state index in [-0.39, 0.29) is 11.5 Å². The Morgan fingerprint density at radius 1 is 1.22 bits per heavy atom. The maximum absolute atomic E-state index is 10.5. The van der Waals surface area contributed by atoms with Gasteiger partial charge in [-0.15, -0.1) is 11.6 Å². The number of hydrogen-bond acceptors (Lipinski definition) is 0. The van der Waals surface area contributed by atoms with Crippen LogP contribution in [0.3, 0.4) is 0 Å². The summed E-state index contributed by atoms with van der Waals surface area (Å²) in [5.41, 5.74) is 0. The Morgan fingerprint density at radius 3 is 2.11 bits per heavy atom. The minimum atomic E-state index is -0.363. The van der Waals surface area contributed by atoms with Crippen molar-refractivity contribution in [1.82, 2.24) is 0 Å². The summed E-state index contributed by atoms with van der Waals surface area (Å²) in [6.07, 6.45) is 5.40. The van der Waals surface area contributed by atoms with Gasteiger partial charge in [0.2, 0.25) is 0 Å². The third kappa shape index (κ3) is 1.84. The molecule has 0 aliphatic heterocycles. The summed E-state index contributed by atoms with van der Waals surface area (Å²) >= 11 is 5.95. The van der Waals surface area contributed by atoms with Gasteiger partial charge in [0.15, 0.2) is 0 Å². The van der Waals surface area contributed by atoms with Gasteiger partial charge in [-0.25, -0.2) is 5.11 Å². The molecule has 0 bridgehead atoms. The van der Waals surface area contributed by atoms with Crippen molar-refractivity contribution in [2.24, 2.45) is 0 Å². The van der Waals surface area contributed by atoms with Gasteiger partial charge < -0.3 is 0 Å². The van der Waals surface area contributed by atoms with Crippen LogP contribution in [0, 0.1) is 0 Å². The predicted molar refractivity (Wildman–Crippen MR) is 37.2 cm³/mol. The molecule has 1 aliphatic rings. The molecule has 1 rings (SSSR count). The molecule has 1 nitrogen and oxygen atoms in total. The first-order chi connectivity index (χ1) is 4.27. The Morgan fingerprint density at radius 2 is 1.78 bits per heavy atom. The van der Waals surface area contributed by atoms with Crippen molar-refractivity contribution < 1.29 is 5.11 Å². The van der Waals surface area contributed by atoms with E-state index in [9.17, 15) is 5.11 Å². The van der Waals surface area contributed by atoms with Crippen molar-refractivity contribution in [2.45, 2.75) is 37.0 Å². The minimum Gasteiger partial charge on any atom is -0.235 e. The maximum Gasteiger partial charge on any atom is 0.101 e. The second kappa shape index (κ2) is 2.89. The Kier molecular flexibility index (Phi) is 2.36. The van der Waals surface area contributed by atoms with Crippen molar-refractivity contribution >= 4 is 11.6 Å². The van der Waals surface area contributed by atoms with Crippen LogP contribution in [-0.2, 0) is 5.11 Å². The van der Waals surface area contributed by atoms with E-state index in [1.54, 1.807) is 0 Å². The number of halogens is 1. The third-order valence-corrected chi connectivity index (χ3v) is 2.50. The number of hydrogen-bond donors (Lipinski definition) is 0. The highest BCUT2D eigenvalue weighted by molar-refractivity contribution is 6.24. The van der Waals surface area contributed by atoms with Gasteiger partial charge in [-0.2, -0.15) is 0 Å². The van der Waals surface area contributed by atoms with E-state index < -0.39 is 0 Å². The third-order valence-electron chi connectivity index (χ3n) is 2.01. The summed E-state index contributed by atoms with van der Waals surface area (Å²) < 4.78 is 0. The molecule has 0 unspecified atom stereocenters. The Balaban J connectivity index is 2.37. The van der Waals surface area contributed by atoms with Crippen LogP contribution in [0.15, 0.2) is 0 Å². The predicted octanol–water partition coefficient (Wildman–Crippen LogP) is 2.36. The fourth-order valence-corrected chi connectivity index (χ4v) is 1.60. The molecule has 0 aromatic rings. The van der Waals surface area contributed by atoms with E-state index in [2.05, 4.69) is 0 Å². The average molecular weight is 148 g/mol. The summed E-state index contributed by atoms with van der Waals surface area (Å²) in [5, 5.41) is 10.5. The van der Waals surface area contributed by atoms with Crippen LogP contribution in [0.25, 0.3) is 0 Å². The molecule has 0 aromatic carbocycles. The van der Waals surface area contributed by atoms with Crippen LogP contribution in [-0.4, -0.2) is 11.5 Å². The highest BCUT2D eigenvalue weighted by atomic mass is 35.5. The van der Waals surface area contributed by atoms with Gasteiger partial charge >= 0.3 is 0 Å². The van der Waals surface area contributed by atoms with E-state index in [0.717, 1.165) is 25.7 Å². The van der Waals surface area contributed by atoms with E-state index in [1.165, 1.54) is 6.42 Å². The number of alkyl halides is 1. The van der Waals surface area contributed by atoms with Crippen LogP contribution in [0.2, 0.25) is 0 Å². The smallest absolute Gasteiger partial charge is 0.101 e. The van der Waals surface area contributed by atoms with Gasteiger partial charge in [-0.1, -0.05) is 19.3 Å². The van der Waals surface area contributed by atoms with Crippen LogP contribution < -0.4 is 0 Å². The van der Waals surface area contributed by atoms with Crippen molar-refractivity contribution in [3.05, 3.63) is 0 Å². The van der Waals surface area contributed by atoms with Gasteiger partial charge in [0, 0.05) is 0 Å². The first-order valence-electron chi connectivity index (χ1n) is 3.54.